The number of aliphatic hydroxyl groups is 1. The Hall–Kier alpha value is -0.970. The van der Waals surface area contributed by atoms with Gasteiger partial charge in [-0.05, 0) is 43.6 Å². The van der Waals surface area contributed by atoms with E-state index in [1.807, 2.05) is 12.1 Å². The number of β-amino-alcohol motifs (C(OH)–C–C–N with tert-alkyl or cyclic N) is 1. The highest BCUT2D eigenvalue weighted by molar-refractivity contribution is 5.09. The summed E-state index contributed by atoms with van der Waals surface area (Å²) in [6.45, 7) is 6.52. The molecule has 1 aliphatic heterocycles. The van der Waals surface area contributed by atoms with Crippen molar-refractivity contribution in [1.82, 2.24) is 15.2 Å². The molecule has 0 amide bonds. The molecule has 2 rings (SSSR count). The second-order valence-electron chi connectivity index (χ2n) is 5.16. The van der Waals surface area contributed by atoms with Crippen molar-refractivity contribution in [3.8, 4) is 0 Å². The molecule has 2 N–H and O–H groups in total. The molecule has 1 aromatic heterocycles. The second kappa shape index (κ2) is 6.27. The van der Waals surface area contributed by atoms with Crippen LogP contribution >= 0.6 is 0 Å². The fourth-order valence-corrected chi connectivity index (χ4v) is 2.56. The van der Waals surface area contributed by atoms with E-state index in [4.69, 9.17) is 0 Å². The monoisotopic (exact) mass is 249 g/mol. The molecule has 0 spiro atoms. The normalized spacial score (nSPS) is 25.2. The number of nitrogens with zero attached hydrogens (tertiary/aromatic N) is 2. The van der Waals surface area contributed by atoms with Crippen molar-refractivity contribution in [2.45, 2.75) is 31.9 Å². The highest BCUT2D eigenvalue weighted by Gasteiger charge is 2.31. The van der Waals surface area contributed by atoms with E-state index in [0.29, 0.717) is 6.54 Å². The molecule has 0 unspecified atom stereocenters. The number of nitrogens with one attached hydrogen (secondary N) is 1. The van der Waals surface area contributed by atoms with Gasteiger partial charge in [-0.3, -0.25) is 4.98 Å². The summed E-state index contributed by atoms with van der Waals surface area (Å²) < 4.78 is 0. The van der Waals surface area contributed by atoms with Crippen molar-refractivity contribution in [2.24, 2.45) is 0 Å². The van der Waals surface area contributed by atoms with E-state index in [1.165, 1.54) is 5.56 Å². The van der Waals surface area contributed by atoms with Crippen LogP contribution in [0.3, 0.4) is 0 Å². The van der Waals surface area contributed by atoms with Gasteiger partial charge in [0.15, 0.2) is 0 Å². The molecule has 0 aromatic carbocycles. The number of aromatic nitrogens is 1. The van der Waals surface area contributed by atoms with Gasteiger partial charge in [0.2, 0.25) is 0 Å². The van der Waals surface area contributed by atoms with Crippen LogP contribution in [0, 0.1) is 0 Å². The van der Waals surface area contributed by atoms with E-state index in [1.54, 1.807) is 12.4 Å². The lowest BCUT2D eigenvalue weighted by atomic mass is 9.92. The van der Waals surface area contributed by atoms with Gasteiger partial charge in [-0.2, -0.15) is 0 Å². The number of pyridine rings is 1. The molecule has 2 heterocycles. The van der Waals surface area contributed by atoms with Gasteiger partial charge in [0.1, 0.15) is 0 Å². The molecular weight excluding hydrogens is 226 g/mol. The molecular formula is C14H23N3O. The molecule has 0 bridgehead atoms. The molecule has 4 nitrogen and oxygen atoms in total. The van der Waals surface area contributed by atoms with E-state index in [-0.39, 0.29) is 0 Å². The van der Waals surface area contributed by atoms with Crippen molar-refractivity contribution >= 4 is 0 Å². The maximum atomic E-state index is 10.5. The average Bonchev–Trinajstić information content (AvgIpc) is 2.40. The number of piperidine rings is 1. The summed E-state index contributed by atoms with van der Waals surface area (Å²) in [6, 6.07) is 3.99. The summed E-state index contributed by atoms with van der Waals surface area (Å²) in [5, 5.41) is 13.9. The first-order valence-corrected chi connectivity index (χ1v) is 6.76. The number of hydrogen-bond acceptors (Lipinski definition) is 4. The van der Waals surface area contributed by atoms with Crippen molar-refractivity contribution in [2.75, 3.05) is 26.2 Å². The van der Waals surface area contributed by atoms with Crippen LogP contribution in [0.15, 0.2) is 24.5 Å². The highest BCUT2D eigenvalue weighted by Crippen LogP contribution is 2.20. The predicted octanol–water partition coefficient (Wildman–Crippen LogP) is 1.02. The van der Waals surface area contributed by atoms with Gasteiger partial charge >= 0.3 is 0 Å². The van der Waals surface area contributed by atoms with Gasteiger partial charge in [-0.1, -0.05) is 6.92 Å². The van der Waals surface area contributed by atoms with Crippen molar-refractivity contribution in [3.05, 3.63) is 30.1 Å². The minimum Gasteiger partial charge on any atom is -0.387 e. The van der Waals surface area contributed by atoms with Gasteiger partial charge in [0.05, 0.1) is 5.60 Å². The fourth-order valence-electron chi connectivity index (χ4n) is 2.56. The second-order valence-corrected chi connectivity index (χ2v) is 5.16. The van der Waals surface area contributed by atoms with Crippen LogP contribution in [0.5, 0.6) is 0 Å². The molecule has 4 heteroatoms. The molecule has 100 valence electrons. The molecule has 1 aliphatic rings. The Morgan fingerprint density at radius 3 is 2.94 bits per heavy atom. The molecule has 1 aromatic rings. The minimum atomic E-state index is -0.568. The molecule has 0 aliphatic carbocycles. The summed E-state index contributed by atoms with van der Waals surface area (Å²) in [7, 11) is 0. The summed E-state index contributed by atoms with van der Waals surface area (Å²) in [5.41, 5.74) is 0.637. The summed E-state index contributed by atoms with van der Waals surface area (Å²) in [6.07, 6.45) is 5.57. The van der Waals surface area contributed by atoms with Crippen molar-refractivity contribution < 1.29 is 5.11 Å². The number of likely N-dealkylation sites (tertiary alicyclic amines) is 1. The Kier molecular flexibility index (Phi) is 4.69. The first kappa shape index (κ1) is 13.5. The first-order valence-electron chi connectivity index (χ1n) is 6.76. The molecule has 1 atom stereocenters. The summed E-state index contributed by atoms with van der Waals surface area (Å²) in [4.78, 5) is 6.31. The van der Waals surface area contributed by atoms with Crippen LogP contribution in [0.1, 0.15) is 25.3 Å². The Labute approximate surface area is 109 Å². The minimum absolute atomic E-state index is 0.568. The highest BCUT2D eigenvalue weighted by atomic mass is 16.3. The summed E-state index contributed by atoms with van der Waals surface area (Å²) >= 11 is 0. The third-order valence-electron chi connectivity index (χ3n) is 3.61. The van der Waals surface area contributed by atoms with E-state index < -0.39 is 5.60 Å². The third-order valence-corrected chi connectivity index (χ3v) is 3.61. The van der Waals surface area contributed by atoms with Crippen LogP contribution in [0.2, 0.25) is 0 Å². The topological polar surface area (TPSA) is 48.4 Å². The number of likely N-dealkylation sites (N-methyl/N-ethyl adjacent to an activating group) is 1. The lowest BCUT2D eigenvalue weighted by Gasteiger charge is -2.39. The fraction of sp³-hybridized carbons (Fsp3) is 0.643. The Morgan fingerprint density at radius 2 is 2.22 bits per heavy atom. The SMILES string of the molecule is CCN1CCC[C@](O)(CNCc2ccncc2)C1. The zero-order valence-electron chi connectivity index (χ0n) is 11.1. The van der Waals surface area contributed by atoms with E-state index in [0.717, 1.165) is 39.0 Å². The maximum absolute atomic E-state index is 10.5. The summed E-state index contributed by atoms with van der Waals surface area (Å²) in [5.74, 6) is 0. The maximum Gasteiger partial charge on any atom is 0.0898 e. The van der Waals surface area contributed by atoms with E-state index in [9.17, 15) is 5.11 Å². The molecule has 18 heavy (non-hydrogen) atoms. The van der Waals surface area contributed by atoms with Crippen LogP contribution < -0.4 is 5.32 Å². The van der Waals surface area contributed by atoms with Crippen LogP contribution in [-0.2, 0) is 6.54 Å². The smallest absolute Gasteiger partial charge is 0.0898 e. The van der Waals surface area contributed by atoms with Gasteiger partial charge in [0.25, 0.3) is 0 Å². The lowest BCUT2D eigenvalue weighted by Crippen LogP contribution is -2.53. The van der Waals surface area contributed by atoms with Gasteiger partial charge in [-0.15, -0.1) is 0 Å². The Bertz CT molecular complexity index is 357. The largest absolute Gasteiger partial charge is 0.387 e. The van der Waals surface area contributed by atoms with Gasteiger partial charge < -0.3 is 15.3 Å². The van der Waals surface area contributed by atoms with Crippen molar-refractivity contribution in [1.29, 1.82) is 0 Å². The molecule has 0 radical (unpaired) electrons. The first-order chi connectivity index (χ1) is 8.72. The average molecular weight is 249 g/mol. The third kappa shape index (κ3) is 3.77. The molecule has 1 saturated heterocycles. The van der Waals surface area contributed by atoms with Crippen LogP contribution in [-0.4, -0.2) is 46.8 Å². The zero-order valence-corrected chi connectivity index (χ0v) is 11.1. The lowest BCUT2D eigenvalue weighted by molar-refractivity contribution is -0.0279. The van der Waals surface area contributed by atoms with Crippen LogP contribution in [0.4, 0.5) is 0 Å². The van der Waals surface area contributed by atoms with Gasteiger partial charge in [0, 0.05) is 32.0 Å². The van der Waals surface area contributed by atoms with Crippen LogP contribution in [0.25, 0.3) is 0 Å². The standard InChI is InChI=1S/C14H23N3O/c1-2-17-9-3-6-14(18,12-17)11-16-10-13-4-7-15-8-5-13/h4-5,7-8,16,18H,2-3,6,9-12H2,1H3/t14-/m0/s1. The van der Waals surface area contributed by atoms with Gasteiger partial charge in [-0.25, -0.2) is 0 Å². The Balaban J connectivity index is 1.78. The Morgan fingerprint density at radius 1 is 1.44 bits per heavy atom. The number of hydrogen-bond donors (Lipinski definition) is 2. The van der Waals surface area contributed by atoms with Crippen molar-refractivity contribution in [3.63, 3.8) is 0 Å². The quantitative estimate of drug-likeness (QED) is 0.818. The van der Waals surface area contributed by atoms with E-state index in [2.05, 4.69) is 22.1 Å². The molecule has 1 fully saturated rings. The number of rotatable bonds is 5. The molecule has 0 saturated carbocycles. The van der Waals surface area contributed by atoms with E-state index >= 15 is 0 Å². The predicted molar refractivity (Wildman–Crippen MR) is 72.2 cm³/mol. The zero-order chi connectivity index (χ0) is 12.8.